The number of hydrogen-bond donors (Lipinski definition) is 1. The van der Waals surface area contributed by atoms with Gasteiger partial charge in [-0.15, -0.1) is 0 Å². The highest BCUT2D eigenvalue weighted by Crippen LogP contribution is 2.25. The fourth-order valence-electron chi connectivity index (χ4n) is 1.13. The van der Waals surface area contributed by atoms with Gasteiger partial charge in [0.05, 0.1) is 4.92 Å². The van der Waals surface area contributed by atoms with Crippen molar-refractivity contribution in [2.45, 2.75) is 13.8 Å². The zero-order valence-electron chi connectivity index (χ0n) is 8.20. The molecule has 0 aliphatic rings. The van der Waals surface area contributed by atoms with Crippen LogP contribution in [0.15, 0.2) is 12.1 Å². The first kappa shape index (κ1) is 11.1. The molecule has 80 valence electrons. The molecule has 0 fully saturated rings. The molecule has 0 radical (unpaired) electrons. The van der Waals surface area contributed by atoms with E-state index in [1.54, 1.807) is 6.92 Å². The first-order valence-electron chi connectivity index (χ1n) is 4.14. The SMILES string of the molecule is CC(=O)Nc1cc(F)c([N+](=O)[O-])cc1C. The van der Waals surface area contributed by atoms with Crippen molar-refractivity contribution >= 4 is 17.3 Å². The summed E-state index contributed by atoms with van der Waals surface area (Å²) in [6, 6.07) is 2.02. The Hall–Kier alpha value is -1.98. The molecule has 5 nitrogen and oxygen atoms in total. The van der Waals surface area contributed by atoms with Gasteiger partial charge in [-0.25, -0.2) is 0 Å². The monoisotopic (exact) mass is 212 g/mol. The number of nitrogens with one attached hydrogen (secondary N) is 1. The van der Waals surface area contributed by atoms with Gasteiger partial charge in [-0.2, -0.15) is 4.39 Å². The number of carbonyl (C=O) groups is 1. The van der Waals surface area contributed by atoms with Crippen molar-refractivity contribution < 1.29 is 14.1 Å². The van der Waals surface area contributed by atoms with Crippen LogP contribution in [-0.2, 0) is 4.79 Å². The Morgan fingerprint density at radius 2 is 2.13 bits per heavy atom. The van der Waals surface area contributed by atoms with Gasteiger partial charge in [0.25, 0.3) is 0 Å². The van der Waals surface area contributed by atoms with Crippen molar-refractivity contribution in [2.24, 2.45) is 0 Å². The third kappa shape index (κ3) is 2.49. The lowest BCUT2D eigenvalue weighted by Gasteiger charge is -2.06. The topological polar surface area (TPSA) is 72.2 Å². The van der Waals surface area contributed by atoms with E-state index in [9.17, 15) is 19.3 Å². The van der Waals surface area contributed by atoms with Gasteiger partial charge in [-0.3, -0.25) is 14.9 Å². The third-order valence-electron chi connectivity index (χ3n) is 1.80. The highest BCUT2D eigenvalue weighted by atomic mass is 19.1. The minimum absolute atomic E-state index is 0.241. The van der Waals surface area contributed by atoms with Gasteiger partial charge < -0.3 is 5.32 Å². The number of nitro benzene ring substituents is 1. The predicted molar refractivity (Wildman–Crippen MR) is 52.1 cm³/mol. The number of carbonyl (C=O) groups excluding carboxylic acids is 1. The number of amides is 1. The van der Waals surface area contributed by atoms with Crippen LogP contribution in [0, 0.1) is 22.9 Å². The Bertz CT molecular complexity index is 432. The lowest BCUT2D eigenvalue weighted by Crippen LogP contribution is -2.08. The number of nitrogens with zero attached hydrogens (tertiary/aromatic N) is 1. The van der Waals surface area contributed by atoms with Gasteiger partial charge >= 0.3 is 5.69 Å². The number of nitro groups is 1. The predicted octanol–water partition coefficient (Wildman–Crippen LogP) is 2.00. The van der Waals surface area contributed by atoms with Crippen LogP contribution >= 0.6 is 0 Å². The molecule has 0 aliphatic carbocycles. The molecule has 1 aromatic rings. The molecule has 0 aromatic heterocycles. The largest absolute Gasteiger partial charge is 0.326 e. The zero-order valence-corrected chi connectivity index (χ0v) is 8.20. The smallest absolute Gasteiger partial charge is 0.305 e. The van der Waals surface area contributed by atoms with E-state index in [0.29, 0.717) is 5.56 Å². The summed E-state index contributed by atoms with van der Waals surface area (Å²) in [5, 5.41) is 12.8. The van der Waals surface area contributed by atoms with E-state index in [0.717, 1.165) is 12.1 Å². The Morgan fingerprint density at radius 3 is 2.60 bits per heavy atom. The molecule has 0 aliphatic heterocycles. The fourth-order valence-corrected chi connectivity index (χ4v) is 1.13. The second-order valence-corrected chi connectivity index (χ2v) is 3.06. The van der Waals surface area contributed by atoms with Crippen molar-refractivity contribution in [3.63, 3.8) is 0 Å². The maximum Gasteiger partial charge on any atom is 0.305 e. The summed E-state index contributed by atoms with van der Waals surface area (Å²) in [5.74, 6) is -1.32. The van der Waals surface area contributed by atoms with Crippen LogP contribution in [0.1, 0.15) is 12.5 Å². The van der Waals surface area contributed by atoms with E-state index in [4.69, 9.17) is 0 Å². The van der Waals surface area contributed by atoms with Crippen molar-refractivity contribution in [3.8, 4) is 0 Å². The minimum atomic E-state index is -0.964. The number of rotatable bonds is 2. The average Bonchev–Trinajstić information content (AvgIpc) is 2.09. The molecule has 1 amide bonds. The summed E-state index contributed by atoms with van der Waals surface area (Å²) in [4.78, 5) is 20.3. The van der Waals surface area contributed by atoms with E-state index < -0.39 is 16.4 Å². The van der Waals surface area contributed by atoms with Gasteiger partial charge in [0.1, 0.15) is 0 Å². The van der Waals surface area contributed by atoms with Crippen LogP contribution in [0.3, 0.4) is 0 Å². The quantitative estimate of drug-likeness (QED) is 0.601. The molecule has 6 heteroatoms. The van der Waals surface area contributed by atoms with E-state index >= 15 is 0 Å². The van der Waals surface area contributed by atoms with Crippen LogP contribution in [-0.4, -0.2) is 10.8 Å². The van der Waals surface area contributed by atoms with E-state index in [-0.39, 0.29) is 11.6 Å². The second kappa shape index (κ2) is 4.04. The Morgan fingerprint density at radius 1 is 1.53 bits per heavy atom. The summed E-state index contributed by atoms with van der Waals surface area (Å²) < 4.78 is 13.1. The molecular formula is C9H9FN2O3. The Labute approximate surface area is 85.1 Å². The number of aryl methyl sites for hydroxylation is 1. The Balaban J connectivity index is 3.19. The fraction of sp³-hybridized carbons (Fsp3) is 0.222. The second-order valence-electron chi connectivity index (χ2n) is 3.06. The standard InChI is InChI=1S/C9H9FN2O3/c1-5-3-9(12(14)15)7(10)4-8(5)11-6(2)13/h3-4H,1-2H3,(H,11,13). The zero-order chi connectivity index (χ0) is 11.6. The summed E-state index contributed by atoms with van der Waals surface area (Å²) >= 11 is 0. The third-order valence-corrected chi connectivity index (χ3v) is 1.80. The summed E-state index contributed by atoms with van der Waals surface area (Å²) in [6.45, 7) is 2.83. The maximum atomic E-state index is 13.1. The maximum absolute atomic E-state index is 13.1. The Kier molecular flexibility index (Phi) is 2.99. The van der Waals surface area contributed by atoms with Crippen LogP contribution < -0.4 is 5.32 Å². The van der Waals surface area contributed by atoms with Crippen molar-refractivity contribution in [1.82, 2.24) is 0 Å². The molecule has 0 saturated heterocycles. The van der Waals surface area contributed by atoms with Gasteiger partial charge in [0.2, 0.25) is 11.7 Å². The molecule has 1 aromatic carbocycles. The van der Waals surface area contributed by atoms with Crippen LogP contribution in [0.25, 0.3) is 0 Å². The molecule has 0 bridgehead atoms. The summed E-state index contributed by atoms with van der Waals surface area (Å²) in [5.41, 5.74) is 0.0884. The van der Waals surface area contributed by atoms with Crippen LogP contribution in [0.5, 0.6) is 0 Å². The molecule has 15 heavy (non-hydrogen) atoms. The van der Waals surface area contributed by atoms with Crippen LogP contribution in [0.2, 0.25) is 0 Å². The van der Waals surface area contributed by atoms with Crippen molar-refractivity contribution in [3.05, 3.63) is 33.6 Å². The molecule has 0 unspecified atom stereocenters. The van der Waals surface area contributed by atoms with Gasteiger partial charge in [0.15, 0.2) is 0 Å². The first-order valence-corrected chi connectivity index (χ1v) is 4.14. The number of anilines is 1. The minimum Gasteiger partial charge on any atom is -0.326 e. The van der Waals surface area contributed by atoms with Crippen molar-refractivity contribution in [1.29, 1.82) is 0 Å². The molecule has 1 rings (SSSR count). The number of hydrogen-bond acceptors (Lipinski definition) is 3. The highest BCUT2D eigenvalue weighted by molar-refractivity contribution is 5.89. The lowest BCUT2D eigenvalue weighted by molar-refractivity contribution is -0.387. The molecule has 0 saturated carbocycles. The lowest BCUT2D eigenvalue weighted by atomic mass is 10.1. The summed E-state index contributed by atoms with van der Waals surface area (Å²) in [6.07, 6.45) is 0. The van der Waals surface area contributed by atoms with Gasteiger partial charge in [-0.1, -0.05) is 0 Å². The van der Waals surface area contributed by atoms with E-state index in [1.165, 1.54) is 6.92 Å². The highest BCUT2D eigenvalue weighted by Gasteiger charge is 2.16. The van der Waals surface area contributed by atoms with Crippen LogP contribution in [0.4, 0.5) is 15.8 Å². The van der Waals surface area contributed by atoms with Gasteiger partial charge in [0, 0.05) is 24.7 Å². The van der Waals surface area contributed by atoms with E-state index in [2.05, 4.69) is 5.32 Å². The molecular weight excluding hydrogens is 203 g/mol. The molecule has 0 spiro atoms. The normalized spacial score (nSPS) is 9.80. The van der Waals surface area contributed by atoms with E-state index in [1.807, 2.05) is 0 Å². The molecule has 0 heterocycles. The average molecular weight is 212 g/mol. The number of benzene rings is 1. The number of halogens is 1. The first-order chi connectivity index (χ1) is 6.91. The van der Waals surface area contributed by atoms with Crippen molar-refractivity contribution in [2.75, 3.05) is 5.32 Å². The summed E-state index contributed by atoms with van der Waals surface area (Å²) in [7, 11) is 0. The molecule has 0 atom stereocenters. The van der Waals surface area contributed by atoms with Gasteiger partial charge in [-0.05, 0) is 12.5 Å². The molecule has 1 N–H and O–H groups in total.